The molecule has 118 valence electrons. The van der Waals surface area contributed by atoms with E-state index < -0.39 is 0 Å². The first-order valence-corrected chi connectivity index (χ1v) is 8.64. The van der Waals surface area contributed by atoms with Crippen LogP contribution in [0.2, 0.25) is 0 Å². The lowest BCUT2D eigenvalue weighted by atomic mass is 9.84. The molecule has 2 atom stereocenters. The first kappa shape index (κ1) is 17.5. The topological polar surface area (TPSA) is 41.1 Å². The van der Waals surface area contributed by atoms with Crippen molar-refractivity contribution in [3.63, 3.8) is 0 Å². The van der Waals surface area contributed by atoms with Crippen LogP contribution in [0.15, 0.2) is 0 Å². The number of amides is 1. The van der Waals surface area contributed by atoms with Gasteiger partial charge in [0.1, 0.15) is 0 Å². The smallest absolute Gasteiger partial charge is 0.220 e. The second-order valence-electron chi connectivity index (χ2n) is 6.49. The van der Waals surface area contributed by atoms with Crippen molar-refractivity contribution in [2.24, 2.45) is 17.8 Å². The first-order valence-electron chi connectivity index (χ1n) is 8.64. The van der Waals surface area contributed by atoms with Gasteiger partial charge in [-0.1, -0.05) is 40.0 Å². The van der Waals surface area contributed by atoms with E-state index in [9.17, 15) is 4.79 Å². The van der Waals surface area contributed by atoms with Crippen molar-refractivity contribution in [3.8, 4) is 0 Å². The van der Waals surface area contributed by atoms with Crippen LogP contribution in [0.3, 0.4) is 0 Å². The molecule has 1 rings (SSSR count). The first-order chi connectivity index (χ1) is 9.67. The Morgan fingerprint density at radius 2 is 2.00 bits per heavy atom. The molecule has 0 aliphatic carbocycles. The molecular formula is C17H34N2O. The van der Waals surface area contributed by atoms with Crippen molar-refractivity contribution in [1.29, 1.82) is 0 Å². The normalized spacial score (nSPS) is 19.6. The van der Waals surface area contributed by atoms with Gasteiger partial charge in [0.2, 0.25) is 5.91 Å². The number of unbranched alkanes of at least 4 members (excludes halogenated alkanes) is 1. The highest BCUT2D eigenvalue weighted by Crippen LogP contribution is 2.24. The highest BCUT2D eigenvalue weighted by atomic mass is 16.1. The van der Waals surface area contributed by atoms with Gasteiger partial charge >= 0.3 is 0 Å². The molecule has 0 bridgehead atoms. The molecule has 2 N–H and O–H groups in total. The molecule has 3 nitrogen and oxygen atoms in total. The molecule has 1 saturated heterocycles. The third-order valence-electron chi connectivity index (χ3n) is 4.83. The summed E-state index contributed by atoms with van der Waals surface area (Å²) in [5, 5.41) is 6.55. The number of hydrogen-bond acceptors (Lipinski definition) is 2. The Labute approximate surface area is 125 Å². The number of piperidine rings is 1. The van der Waals surface area contributed by atoms with Crippen molar-refractivity contribution >= 4 is 5.91 Å². The van der Waals surface area contributed by atoms with Crippen molar-refractivity contribution in [3.05, 3.63) is 0 Å². The van der Waals surface area contributed by atoms with Crippen LogP contribution in [0.25, 0.3) is 0 Å². The minimum Gasteiger partial charge on any atom is -0.356 e. The van der Waals surface area contributed by atoms with E-state index in [0.717, 1.165) is 25.6 Å². The molecule has 1 amide bonds. The van der Waals surface area contributed by atoms with E-state index in [1.165, 1.54) is 38.5 Å². The number of carbonyl (C=O) groups is 1. The molecule has 20 heavy (non-hydrogen) atoms. The Balaban J connectivity index is 2.20. The van der Waals surface area contributed by atoms with Crippen molar-refractivity contribution in [1.82, 2.24) is 10.6 Å². The largest absolute Gasteiger partial charge is 0.356 e. The lowest BCUT2D eigenvalue weighted by Gasteiger charge is -2.28. The fourth-order valence-electron chi connectivity index (χ4n) is 3.15. The second kappa shape index (κ2) is 10.2. The zero-order valence-electron chi connectivity index (χ0n) is 13.7. The predicted molar refractivity (Wildman–Crippen MR) is 85.7 cm³/mol. The van der Waals surface area contributed by atoms with E-state index in [1.807, 2.05) is 0 Å². The molecule has 0 saturated carbocycles. The van der Waals surface area contributed by atoms with Crippen LogP contribution in [0.4, 0.5) is 0 Å². The highest BCUT2D eigenvalue weighted by molar-refractivity contribution is 5.76. The number of rotatable bonds is 9. The third kappa shape index (κ3) is 6.74. The lowest BCUT2D eigenvalue weighted by molar-refractivity contribution is -0.122. The van der Waals surface area contributed by atoms with Gasteiger partial charge in [0.15, 0.2) is 0 Å². The van der Waals surface area contributed by atoms with E-state index >= 15 is 0 Å². The molecule has 0 aromatic rings. The Morgan fingerprint density at radius 3 is 2.60 bits per heavy atom. The fraction of sp³-hybridized carbons (Fsp3) is 0.941. The monoisotopic (exact) mass is 282 g/mol. The van der Waals surface area contributed by atoms with Gasteiger partial charge in [-0.3, -0.25) is 4.79 Å². The Kier molecular flexibility index (Phi) is 8.92. The van der Waals surface area contributed by atoms with E-state index in [2.05, 4.69) is 31.4 Å². The van der Waals surface area contributed by atoms with Crippen molar-refractivity contribution in [2.45, 2.75) is 65.7 Å². The van der Waals surface area contributed by atoms with Crippen LogP contribution >= 0.6 is 0 Å². The van der Waals surface area contributed by atoms with Crippen LogP contribution in [-0.2, 0) is 4.79 Å². The Morgan fingerprint density at radius 1 is 1.30 bits per heavy atom. The average Bonchev–Trinajstić information content (AvgIpc) is 2.48. The Bertz CT molecular complexity index is 262. The average molecular weight is 282 g/mol. The standard InChI is InChI=1S/C17H34N2O/c1-4-6-7-15(5-2)13-19-17(20)12-14(3)16-8-10-18-11-9-16/h14-16,18H,4-13H2,1-3H3,(H,19,20). The van der Waals surface area contributed by atoms with E-state index in [-0.39, 0.29) is 5.91 Å². The fourth-order valence-corrected chi connectivity index (χ4v) is 3.15. The molecule has 1 aliphatic rings. The molecule has 0 aromatic heterocycles. The van der Waals surface area contributed by atoms with Gasteiger partial charge in [0.25, 0.3) is 0 Å². The van der Waals surface area contributed by atoms with Crippen molar-refractivity contribution < 1.29 is 4.79 Å². The van der Waals surface area contributed by atoms with Gasteiger partial charge in [0, 0.05) is 13.0 Å². The van der Waals surface area contributed by atoms with Crippen LogP contribution < -0.4 is 10.6 Å². The lowest BCUT2D eigenvalue weighted by Crippen LogP contribution is -2.34. The summed E-state index contributed by atoms with van der Waals surface area (Å²) < 4.78 is 0. The summed E-state index contributed by atoms with van der Waals surface area (Å²) in [6, 6.07) is 0. The summed E-state index contributed by atoms with van der Waals surface area (Å²) in [6.45, 7) is 9.80. The summed E-state index contributed by atoms with van der Waals surface area (Å²) in [7, 11) is 0. The van der Waals surface area contributed by atoms with E-state index in [1.54, 1.807) is 0 Å². The predicted octanol–water partition coefficient (Wildman–Crippen LogP) is 3.34. The summed E-state index contributed by atoms with van der Waals surface area (Å²) in [6.07, 6.45) is 8.10. The number of carbonyl (C=O) groups excluding carboxylic acids is 1. The van der Waals surface area contributed by atoms with Crippen LogP contribution in [0, 0.1) is 17.8 Å². The summed E-state index contributed by atoms with van der Waals surface area (Å²) in [5.41, 5.74) is 0. The molecule has 2 unspecified atom stereocenters. The van der Waals surface area contributed by atoms with Gasteiger partial charge in [0.05, 0.1) is 0 Å². The van der Waals surface area contributed by atoms with Gasteiger partial charge in [-0.05, 0) is 50.1 Å². The molecule has 0 spiro atoms. The maximum Gasteiger partial charge on any atom is 0.220 e. The van der Waals surface area contributed by atoms with Gasteiger partial charge in [-0.25, -0.2) is 0 Å². The molecule has 3 heteroatoms. The van der Waals surface area contributed by atoms with Crippen LogP contribution in [0.1, 0.15) is 65.7 Å². The zero-order chi connectivity index (χ0) is 14.8. The SMILES string of the molecule is CCCCC(CC)CNC(=O)CC(C)C1CCNCC1. The molecule has 0 radical (unpaired) electrons. The van der Waals surface area contributed by atoms with Crippen molar-refractivity contribution in [2.75, 3.05) is 19.6 Å². The van der Waals surface area contributed by atoms with Crippen LogP contribution in [-0.4, -0.2) is 25.5 Å². The maximum absolute atomic E-state index is 12.1. The quantitative estimate of drug-likeness (QED) is 0.681. The highest BCUT2D eigenvalue weighted by Gasteiger charge is 2.22. The molecule has 0 aromatic carbocycles. The third-order valence-corrected chi connectivity index (χ3v) is 4.83. The van der Waals surface area contributed by atoms with Gasteiger partial charge < -0.3 is 10.6 Å². The van der Waals surface area contributed by atoms with Gasteiger partial charge in [-0.2, -0.15) is 0 Å². The van der Waals surface area contributed by atoms with E-state index in [4.69, 9.17) is 0 Å². The summed E-state index contributed by atoms with van der Waals surface area (Å²) in [5.74, 6) is 2.16. The van der Waals surface area contributed by atoms with Crippen LogP contribution in [0.5, 0.6) is 0 Å². The molecule has 1 fully saturated rings. The molecular weight excluding hydrogens is 248 g/mol. The van der Waals surface area contributed by atoms with Gasteiger partial charge in [-0.15, -0.1) is 0 Å². The second-order valence-corrected chi connectivity index (χ2v) is 6.49. The number of nitrogens with one attached hydrogen (secondary N) is 2. The maximum atomic E-state index is 12.1. The minimum atomic E-state index is 0.256. The summed E-state index contributed by atoms with van der Waals surface area (Å²) in [4.78, 5) is 12.1. The minimum absolute atomic E-state index is 0.256. The zero-order valence-corrected chi connectivity index (χ0v) is 13.7. The number of hydrogen-bond donors (Lipinski definition) is 2. The summed E-state index contributed by atoms with van der Waals surface area (Å²) >= 11 is 0. The van der Waals surface area contributed by atoms with E-state index in [0.29, 0.717) is 18.3 Å². The Hall–Kier alpha value is -0.570. The molecule has 1 aliphatic heterocycles. The molecule has 1 heterocycles.